The summed E-state index contributed by atoms with van der Waals surface area (Å²) in [7, 11) is 0. The van der Waals surface area contributed by atoms with Gasteiger partial charge in [0.25, 0.3) is 0 Å². The maximum Gasteiger partial charge on any atom is -0.0132 e. The van der Waals surface area contributed by atoms with Crippen LogP contribution in [0.4, 0.5) is 22.7 Å². The SMILES string of the molecule is CC(C)(C)c1cc(-c2cc(C(C)(C)C)cc(-c3ccccc3)c2N2CN(c3cccc(Oc4cc5c6c7c(cccc7n(-c7cc(C(C)(C)C)ccn7)c6c4)[Se]54c5ccccc5-c5ccccc54)c3)c3ccccc32)cc(C(C)(C)C)c1. The molecular weight excluding hydrogens is 1060 g/mol. The molecule has 6 heteroatoms. The average Bonchev–Trinajstić information content (AvgIpc) is 1.59. The quantitative estimate of drug-likeness (QED) is 0.149. The van der Waals surface area contributed by atoms with Crippen LogP contribution in [0.25, 0.3) is 61.0 Å². The van der Waals surface area contributed by atoms with E-state index in [1.807, 2.05) is 6.20 Å². The van der Waals surface area contributed by atoms with E-state index in [1.54, 1.807) is 0 Å². The molecule has 5 heterocycles. The Labute approximate surface area is 487 Å². The van der Waals surface area contributed by atoms with Crippen LogP contribution in [0.3, 0.4) is 0 Å². The molecule has 408 valence electrons. The zero-order chi connectivity index (χ0) is 56.8. The molecular formula is C76H72N4OSe. The number of para-hydroxylation sites is 2. The molecule has 0 saturated heterocycles. The van der Waals surface area contributed by atoms with Crippen molar-refractivity contribution < 1.29 is 4.74 Å². The van der Waals surface area contributed by atoms with Gasteiger partial charge in [-0.3, -0.25) is 0 Å². The summed E-state index contributed by atoms with van der Waals surface area (Å²) >= 11 is -3.10. The van der Waals surface area contributed by atoms with Crippen molar-refractivity contribution in [1.82, 2.24) is 9.55 Å². The first-order valence-corrected chi connectivity index (χ1v) is 32.5. The number of hydrogen-bond donors (Lipinski definition) is 0. The fourth-order valence-electron chi connectivity index (χ4n) is 13.1. The second-order valence-corrected chi connectivity index (χ2v) is 33.2. The Kier molecular flexibility index (Phi) is 11.7. The van der Waals surface area contributed by atoms with E-state index in [1.165, 1.54) is 95.5 Å². The van der Waals surface area contributed by atoms with Crippen molar-refractivity contribution >= 4 is 75.2 Å². The van der Waals surface area contributed by atoms with Crippen LogP contribution in [0.15, 0.2) is 206 Å². The third-order valence-corrected chi connectivity index (χ3v) is 25.9. The van der Waals surface area contributed by atoms with Gasteiger partial charge in [0, 0.05) is 0 Å². The van der Waals surface area contributed by atoms with Crippen molar-refractivity contribution in [3.63, 3.8) is 0 Å². The van der Waals surface area contributed by atoms with E-state index < -0.39 is 12.8 Å². The molecule has 14 rings (SSSR count). The molecule has 0 N–H and O–H groups in total. The van der Waals surface area contributed by atoms with Crippen LogP contribution < -0.4 is 32.4 Å². The fourth-order valence-corrected chi connectivity index (χ4v) is 22.7. The average molecular weight is 1140 g/mol. The predicted octanol–water partition coefficient (Wildman–Crippen LogP) is 17.4. The van der Waals surface area contributed by atoms with Crippen LogP contribution in [0.2, 0.25) is 0 Å². The Bertz CT molecular complexity index is 4330. The van der Waals surface area contributed by atoms with Gasteiger partial charge in [0.1, 0.15) is 0 Å². The Morgan fingerprint density at radius 1 is 0.390 bits per heavy atom. The van der Waals surface area contributed by atoms with E-state index in [0.717, 1.165) is 39.9 Å². The number of nitrogens with zero attached hydrogens (tertiary/aromatic N) is 4. The molecule has 2 aromatic heterocycles. The topological polar surface area (TPSA) is 33.5 Å². The van der Waals surface area contributed by atoms with Crippen LogP contribution in [0.5, 0.6) is 11.5 Å². The van der Waals surface area contributed by atoms with Gasteiger partial charge >= 0.3 is 323 Å². The Morgan fingerprint density at radius 2 is 0.939 bits per heavy atom. The van der Waals surface area contributed by atoms with Gasteiger partial charge in [0.05, 0.1) is 0 Å². The number of aromatic nitrogens is 2. The largest absolute Gasteiger partial charge is 0.0561 e. The smallest absolute Gasteiger partial charge is 0.0132 e. The maximum atomic E-state index is 7.39. The van der Waals surface area contributed by atoms with E-state index in [9.17, 15) is 0 Å². The Morgan fingerprint density at radius 3 is 1.59 bits per heavy atom. The van der Waals surface area contributed by atoms with Crippen LogP contribution >= 0.6 is 0 Å². The van der Waals surface area contributed by atoms with Gasteiger partial charge in [-0.25, -0.2) is 0 Å². The summed E-state index contributed by atoms with van der Waals surface area (Å²) in [6.45, 7) is 28.5. The Hall–Kier alpha value is -8.15. The molecule has 9 aromatic carbocycles. The van der Waals surface area contributed by atoms with Crippen molar-refractivity contribution in [2.24, 2.45) is 0 Å². The van der Waals surface area contributed by atoms with Crippen molar-refractivity contribution in [3.8, 4) is 50.7 Å². The molecule has 0 amide bonds. The first kappa shape index (κ1) is 52.0. The van der Waals surface area contributed by atoms with Crippen molar-refractivity contribution in [2.45, 2.75) is 105 Å². The van der Waals surface area contributed by atoms with Gasteiger partial charge in [0.15, 0.2) is 0 Å². The molecule has 82 heavy (non-hydrogen) atoms. The molecule has 1 spiro atoms. The fraction of sp³-hybridized carbons (Fsp3) is 0.224. The minimum absolute atomic E-state index is 0.0529. The van der Waals surface area contributed by atoms with Gasteiger partial charge < -0.3 is 0 Å². The zero-order valence-corrected chi connectivity index (χ0v) is 51.2. The number of fused-ring (bicyclic) bond motifs is 8. The minimum Gasteiger partial charge on any atom is -0.0561 e. The van der Waals surface area contributed by atoms with Crippen molar-refractivity contribution in [2.75, 3.05) is 16.5 Å². The van der Waals surface area contributed by atoms with Crippen LogP contribution in [-0.2, 0) is 21.7 Å². The number of ether oxygens (including phenoxy) is 1. The molecule has 0 fully saturated rings. The van der Waals surface area contributed by atoms with E-state index in [-0.39, 0.29) is 21.7 Å². The number of rotatable bonds is 7. The molecule has 3 aliphatic heterocycles. The number of pyridine rings is 1. The molecule has 0 saturated carbocycles. The minimum atomic E-state index is -3.10. The second kappa shape index (κ2) is 18.4. The predicted molar refractivity (Wildman–Crippen MR) is 349 cm³/mol. The number of benzene rings is 9. The van der Waals surface area contributed by atoms with E-state index in [2.05, 4.69) is 298 Å². The van der Waals surface area contributed by atoms with Crippen LogP contribution in [-0.4, -0.2) is 29.1 Å². The van der Waals surface area contributed by atoms with E-state index in [0.29, 0.717) is 6.67 Å². The first-order chi connectivity index (χ1) is 39.2. The van der Waals surface area contributed by atoms with Gasteiger partial charge in [-0.2, -0.15) is 0 Å². The normalized spacial score (nSPS) is 14.7. The molecule has 0 aliphatic carbocycles. The molecule has 0 atom stereocenters. The molecule has 0 radical (unpaired) electrons. The van der Waals surface area contributed by atoms with E-state index >= 15 is 0 Å². The van der Waals surface area contributed by atoms with Gasteiger partial charge in [-0.15, -0.1) is 0 Å². The summed E-state index contributed by atoms with van der Waals surface area (Å²) in [5.74, 6) is 2.52. The molecule has 3 aliphatic rings. The number of hydrogen-bond acceptors (Lipinski definition) is 4. The van der Waals surface area contributed by atoms with Gasteiger partial charge in [-0.1, -0.05) is 111 Å². The van der Waals surface area contributed by atoms with Crippen LogP contribution in [0, 0.1) is 0 Å². The van der Waals surface area contributed by atoms with Gasteiger partial charge in [0.2, 0.25) is 0 Å². The first-order valence-electron chi connectivity index (χ1n) is 29.1. The van der Waals surface area contributed by atoms with Gasteiger partial charge in [-0.05, 0) is 56.2 Å². The summed E-state index contributed by atoms with van der Waals surface area (Å²) in [6.07, 6.45) is 1.98. The maximum absolute atomic E-state index is 7.39. The summed E-state index contributed by atoms with van der Waals surface area (Å²) in [5.41, 5.74) is 19.4. The summed E-state index contributed by atoms with van der Waals surface area (Å²) in [5, 5.41) is 2.66. The molecule has 0 bridgehead atoms. The van der Waals surface area contributed by atoms with E-state index in [4.69, 9.17) is 9.72 Å². The monoisotopic (exact) mass is 1140 g/mol. The summed E-state index contributed by atoms with van der Waals surface area (Å²) in [6, 6.07) is 75.6. The van der Waals surface area contributed by atoms with Crippen molar-refractivity contribution in [3.05, 3.63) is 229 Å². The third kappa shape index (κ3) is 8.11. The summed E-state index contributed by atoms with van der Waals surface area (Å²) in [4.78, 5) is 10.2. The molecule has 5 nitrogen and oxygen atoms in total. The number of anilines is 4. The Balaban J connectivity index is 0.933. The third-order valence-electron chi connectivity index (χ3n) is 17.4. The standard InChI is InChI=1S/C76H72N4OSe/c1-73(2,3)50-36-37-77-69(43-50)80-63-32-23-35-67-70(63)71-64(80)45-56(46-68(71)82(67)65-33-20-16-28-57(65)58-29-17-21-34-66(58)82)81-55-27-22-26-54(44-55)78-47-79(62-31-19-18-30-61(62)78)72-59(48-24-14-13-15-25-48)41-53(76(10,11)12)42-60(72)49-38-51(74(4,5)6)40-52(39-49)75(7,8)9/h13-46H,47H2,1-12H3. The molecule has 11 aromatic rings. The second-order valence-electron chi connectivity index (χ2n) is 27.0. The zero-order valence-electron chi connectivity index (χ0n) is 49.4. The molecule has 0 unspecified atom stereocenters. The summed E-state index contributed by atoms with van der Waals surface area (Å²) < 4.78 is 15.6. The van der Waals surface area contributed by atoms with Crippen LogP contribution in [0.1, 0.15) is 105 Å². The van der Waals surface area contributed by atoms with Crippen molar-refractivity contribution in [1.29, 1.82) is 0 Å².